The molecule has 8 heteroatoms. The molecule has 122 valence electrons. The minimum atomic E-state index is -3.17. The van der Waals surface area contributed by atoms with Crippen molar-refractivity contribution in [1.29, 1.82) is 0 Å². The summed E-state index contributed by atoms with van der Waals surface area (Å²) in [6.45, 7) is 3.42. The highest BCUT2D eigenvalue weighted by atomic mass is 32.2. The van der Waals surface area contributed by atoms with Crippen LogP contribution in [0, 0.1) is 5.92 Å². The summed E-state index contributed by atoms with van der Waals surface area (Å²) in [5.41, 5.74) is 0.356. The number of aromatic nitrogens is 2. The number of rotatable bonds is 4. The van der Waals surface area contributed by atoms with E-state index in [0.29, 0.717) is 25.3 Å². The Bertz CT molecular complexity index is 676. The highest BCUT2D eigenvalue weighted by Gasteiger charge is 2.62. The molecule has 3 heterocycles. The molecule has 0 bridgehead atoms. The van der Waals surface area contributed by atoms with Crippen molar-refractivity contribution in [1.82, 2.24) is 14.7 Å². The van der Waals surface area contributed by atoms with Gasteiger partial charge in [-0.3, -0.25) is 9.48 Å². The molecule has 2 aliphatic rings. The summed E-state index contributed by atoms with van der Waals surface area (Å²) < 4.78 is 31.1. The minimum Gasteiger partial charge on any atom is -0.381 e. The summed E-state index contributed by atoms with van der Waals surface area (Å²) >= 11 is 0. The van der Waals surface area contributed by atoms with Gasteiger partial charge in [-0.15, -0.1) is 0 Å². The normalized spacial score (nSPS) is 25.4. The number of carbonyl (C=O) groups excluding carboxylic acids is 1. The van der Waals surface area contributed by atoms with Crippen molar-refractivity contribution in [2.75, 3.05) is 32.1 Å². The van der Waals surface area contributed by atoms with Gasteiger partial charge in [0.25, 0.3) is 5.91 Å². The first-order valence-corrected chi connectivity index (χ1v) is 9.14. The molecule has 0 saturated carbocycles. The zero-order valence-corrected chi connectivity index (χ0v) is 13.7. The fourth-order valence-corrected chi connectivity index (χ4v) is 5.80. The minimum absolute atomic E-state index is 0.0229. The number of hydrogen-bond acceptors (Lipinski definition) is 5. The van der Waals surface area contributed by atoms with Gasteiger partial charge in [0.2, 0.25) is 0 Å². The molecule has 0 radical (unpaired) electrons. The first kappa shape index (κ1) is 15.5. The van der Waals surface area contributed by atoms with Gasteiger partial charge in [0.1, 0.15) is 10.4 Å². The van der Waals surface area contributed by atoms with Crippen molar-refractivity contribution in [3.8, 4) is 0 Å². The van der Waals surface area contributed by atoms with Crippen LogP contribution in [0.3, 0.4) is 0 Å². The molecule has 1 amide bonds. The molecular formula is C14H21N3O4S. The van der Waals surface area contributed by atoms with Gasteiger partial charge in [-0.2, -0.15) is 5.10 Å². The maximum atomic E-state index is 12.4. The van der Waals surface area contributed by atoms with E-state index >= 15 is 0 Å². The van der Waals surface area contributed by atoms with Gasteiger partial charge >= 0.3 is 0 Å². The van der Waals surface area contributed by atoms with Crippen molar-refractivity contribution < 1.29 is 17.9 Å². The Kier molecular flexibility index (Phi) is 3.76. The zero-order valence-electron chi connectivity index (χ0n) is 12.9. The third-order valence-electron chi connectivity index (χ3n) is 4.76. The van der Waals surface area contributed by atoms with Crippen molar-refractivity contribution in [3.63, 3.8) is 0 Å². The van der Waals surface area contributed by atoms with Crippen molar-refractivity contribution >= 4 is 15.7 Å². The Morgan fingerprint density at radius 3 is 2.82 bits per heavy atom. The molecule has 0 N–H and O–H groups in total. The zero-order chi connectivity index (χ0) is 16.0. The third-order valence-corrected chi connectivity index (χ3v) is 7.36. The van der Waals surface area contributed by atoms with Crippen LogP contribution in [0.25, 0.3) is 0 Å². The van der Waals surface area contributed by atoms with Crippen LogP contribution in [-0.4, -0.2) is 65.8 Å². The maximum Gasteiger partial charge on any atom is 0.274 e. The second-order valence-corrected chi connectivity index (χ2v) is 8.52. The summed E-state index contributed by atoms with van der Waals surface area (Å²) in [6.07, 6.45) is 2.32. The lowest BCUT2D eigenvalue weighted by Gasteiger charge is -2.49. The van der Waals surface area contributed by atoms with Crippen LogP contribution >= 0.6 is 0 Å². The number of sulfone groups is 1. The van der Waals surface area contributed by atoms with Crippen LogP contribution in [0.2, 0.25) is 0 Å². The van der Waals surface area contributed by atoms with Gasteiger partial charge in [0.15, 0.2) is 9.84 Å². The average molecular weight is 327 g/mol. The first-order valence-electron chi connectivity index (χ1n) is 7.48. The predicted molar refractivity (Wildman–Crippen MR) is 80.2 cm³/mol. The molecule has 2 fully saturated rings. The number of nitrogens with zero attached hydrogens (tertiary/aromatic N) is 3. The van der Waals surface area contributed by atoms with E-state index < -0.39 is 14.6 Å². The molecule has 1 spiro atoms. The molecule has 1 aromatic heterocycles. The number of carbonyl (C=O) groups is 1. The Balaban J connectivity index is 1.74. The second-order valence-electron chi connectivity index (χ2n) is 6.06. The van der Waals surface area contributed by atoms with Gasteiger partial charge in [-0.1, -0.05) is 0 Å². The predicted octanol–water partition coefficient (Wildman–Crippen LogP) is 0.0859. The monoisotopic (exact) mass is 327 g/mol. The maximum absolute atomic E-state index is 12.4. The molecule has 3 rings (SSSR count). The molecule has 1 aromatic rings. The summed E-state index contributed by atoms with van der Waals surface area (Å²) in [6, 6.07) is 1.65. The third kappa shape index (κ3) is 2.25. The highest BCUT2D eigenvalue weighted by Crippen LogP contribution is 2.45. The highest BCUT2D eigenvalue weighted by molar-refractivity contribution is 7.93. The molecular weight excluding hydrogens is 306 g/mol. The van der Waals surface area contributed by atoms with Crippen LogP contribution in [0.15, 0.2) is 12.3 Å². The average Bonchev–Trinajstić information content (AvgIpc) is 2.95. The van der Waals surface area contributed by atoms with Crippen LogP contribution in [0.4, 0.5) is 0 Å². The molecule has 22 heavy (non-hydrogen) atoms. The molecule has 2 aliphatic heterocycles. The van der Waals surface area contributed by atoms with Gasteiger partial charge < -0.3 is 9.64 Å². The van der Waals surface area contributed by atoms with Crippen LogP contribution < -0.4 is 0 Å². The summed E-state index contributed by atoms with van der Waals surface area (Å²) in [7, 11) is -1.43. The van der Waals surface area contributed by atoms with E-state index in [2.05, 4.69) is 5.10 Å². The standard InChI is InChI=1S/C14H21N3O4S/c1-3-21-8-11-5-7-22(19,20)14(11)9-17(10-14)13(18)12-4-6-16(2)15-12/h4,6,11H,3,5,7-10H2,1-2H3/t11-/m1/s1. The summed E-state index contributed by atoms with van der Waals surface area (Å²) in [5, 5.41) is 4.08. The van der Waals surface area contributed by atoms with Gasteiger partial charge in [-0.05, 0) is 19.4 Å². The molecule has 0 aliphatic carbocycles. The molecule has 0 aromatic carbocycles. The first-order chi connectivity index (χ1) is 10.4. The van der Waals surface area contributed by atoms with E-state index in [4.69, 9.17) is 4.74 Å². The Hall–Kier alpha value is -1.41. The quantitative estimate of drug-likeness (QED) is 0.782. The number of likely N-dealkylation sites (tertiary alicyclic amines) is 1. The van der Waals surface area contributed by atoms with E-state index in [-0.39, 0.29) is 30.7 Å². The fraction of sp³-hybridized carbons (Fsp3) is 0.714. The Morgan fingerprint density at radius 2 is 2.23 bits per heavy atom. The molecule has 7 nitrogen and oxygen atoms in total. The second kappa shape index (κ2) is 5.34. The SMILES string of the molecule is CCOC[C@H]1CCS(=O)(=O)C12CN(C(=O)c1ccn(C)n1)C2. The van der Waals surface area contributed by atoms with Gasteiger partial charge in [-0.25, -0.2) is 8.42 Å². The van der Waals surface area contributed by atoms with E-state index in [9.17, 15) is 13.2 Å². The van der Waals surface area contributed by atoms with Crippen LogP contribution in [0.1, 0.15) is 23.8 Å². The number of hydrogen-bond donors (Lipinski definition) is 0. The van der Waals surface area contributed by atoms with Gasteiger partial charge in [0, 0.05) is 38.9 Å². The Labute approximate surface area is 130 Å². The van der Waals surface area contributed by atoms with Crippen molar-refractivity contribution in [2.45, 2.75) is 18.1 Å². The molecule has 2 saturated heterocycles. The lowest BCUT2D eigenvalue weighted by molar-refractivity contribution is 0.0266. The van der Waals surface area contributed by atoms with E-state index in [1.54, 1.807) is 28.9 Å². The number of amides is 1. The molecule has 1 atom stereocenters. The molecule has 0 unspecified atom stereocenters. The summed E-state index contributed by atoms with van der Waals surface area (Å²) in [5.74, 6) is -0.0372. The van der Waals surface area contributed by atoms with Crippen molar-refractivity contribution in [3.05, 3.63) is 18.0 Å². The van der Waals surface area contributed by atoms with Crippen LogP contribution in [0.5, 0.6) is 0 Å². The van der Waals surface area contributed by atoms with E-state index in [0.717, 1.165) is 0 Å². The van der Waals surface area contributed by atoms with Crippen molar-refractivity contribution in [2.24, 2.45) is 13.0 Å². The number of aryl methyl sites for hydroxylation is 1. The van der Waals surface area contributed by atoms with E-state index in [1.807, 2.05) is 6.92 Å². The van der Waals surface area contributed by atoms with Crippen LogP contribution in [-0.2, 0) is 21.6 Å². The van der Waals surface area contributed by atoms with Gasteiger partial charge in [0.05, 0.1) is 12.4 Å². The fourth-order valence-electron chi connectivity index (χ4n) is 3.40. The Morgan fingerprint density at radius 1 is 1.50 bits per heavy atom. The lowest BCUT2D eigenvalue weighted by Crippen LogP contribution is -2.68. The van der Waals surface area contributed by atoms with E-state index in [1.165, 1.54) is 0 Å². The smallest absolute Gasteiger partial charge is 0.274 e. The largest absolute Gasteiger partial charge is 0.381 e. The topological polar surface area (TPSA) is 81.5 Å². The number of ether oxygens (including phenoxy) is 1. The lowest BCUT2D eigenvalue weighted by atomic mass is 9.83. The summed E-state index contributed by atoms with van der Waals surface area (Å²) in [4.78, 5) is 13.9.